The van der Waals surface area contributed by atoms with E-state index in [9.17, 15) is 18.8 Å². The van der Waals surface area contributed by atoms with Crippen LogP contribution >= 0.6 is 0 Å². The van der Waals surface area contributed by atoms with Gasteiger partial charge in [-0.1, -0.05) is 12.1 Å². The summed E-state index contributed by atoms with van der Waals surface area (Å²) in [4.78, 5) is 38.6. The van der Waals surface area contributed by atoms with Crippen molar-refractivity contribution < 1.29 is 18.8 Å². The van der Waals surface area contributed by atoms with Gasteiger partial charge in [0.05, 0.1) is 11.6 Å². The molecule has 0 aliphatic carbocycles. The second kappa shape index (κ2) is 8.12. The molecule has 0 radical (unpaired) electrons. The SMILES string of the molecule is CC(=O)c1ccccc1NC(=O)C1CCCN(C(=O)c2ccc(F)cc2)C1. The Labute approximate surface area is 157 Å². The largest absolute Gasteiger partial charge is 0.338 e. The van der Waals surface area contributed by atoms with Crippen LogP contribution in [-0.4, -0.2) is 35.6 Å². The van der Waals surface area contributed by atoms with Crippen molar-refractivity contribution in [3.8, 4) is 0 Å². The molecule has 2 aromatic rings. The van der Waals surface area contributed by atoms with Crippen molar-refractivity contribution in [3.63, 3.8) is 0 Å². The number of anilines is 1. The van der Waals surface area contributed by atoms with E-state index in [1.54, 1.807) is 29.2 Å². The van der Waals surface area contributed by atoms with Crippen molar-refractivity contribution in [3.05, 3.63) is 65.5 Å². The van der Waals surface area contributed by atoms with Crippen LogP contribution in [0.5, 0.6) is 0 Å². The van der Waals surface area contributed by atoms with Gasteiger partial charge in [0.2, 0.25) is 5.91 Å². The average molecular weight is 368 g/mol. The quantitative estimate of drug-likeness (QED) is 0.840. The highest BCUT2D eigenvalue weighted by atomic mass is 19.1. The first-order valence-electron chi connectivity index (χ1n) is 8.91. The van der Waals surface area contributed by atoms with Gasteiger partial charge in [0.15, 0.2) is 5.78 Å². The van der Waals surface area contributed by atoms with Crippen molar-refractivity contribution >= 4 is 23.3 Å². The molecule has 1 heterocycles. The van der Waals surface area contributed by atoms with E-state index in [-0.39, 0.29) is 23.5 Å². The van der Waals surface area contributed by atoms with Crippen molar-refractivity contribution in [2.24, 2.45) is 5.92 Å². The Balaban J connectivity index is 1.69. The van der Waals surface area contributed by atoms with Gasteiger partial charge >= 0.3 is 0 Å². The number of Topliss-reactive ketones (excluding diaryl/α,β-unsaturated/α-hetero) is 1. The molecule has 3 rings (SSSR count). The zero-order valence-corrected chi connectivity index (χ0v) is 15.1. The van der Waals surface area contributed by atoms with Crippen LogP contribution < -0.4 is 5.32 Å². The third-order valence-corrected chi connectivity index (χ3v) is 4.73. The Morgan fingerprint density at radius 1 is 1.07 bits per heavy atom. The van der Waals surface area contributed by atoms with Crippen LogP contribution in [-0.2, 0) is 4.79 Å². The van der Waals surface area contributed by atoms with E-state index < -0.39 is 5.82 Å². The van der Waals surface area contributed by atoms with Gasteiger partial charge in [0.1, 0.15) is 5.82 Å². The minimum atomic E-state index is -0.397. The molecular weight excluding hydrogens is 347 g/mol. The van der Waals surface area contributed by atoms with E-state index >= 15 is 0 Å². The number of benzene rings is 2. The van der Waals surface area contributed by atoms with Crippen molar-refractivity contribution in [2.45, 2.75) is 19.8 Å². The van der Waals surface area contributed by atoms with Gasteiger partial charge in [-0.2, -0.15) is 0 Å². The van der Waals surface area contributed by atoms with Gasteiger partial charge in [-0.3, -0.25) is 14.4 Å². The van der Waals surface area contributed by atoms with Crippen molar-refractivity contribution in [1.29, 1.82) is 0 Å². The molecule has 2 amide bonds. The van der Waals surface area contributed by atoms with Crippen LogP contribution in [0.15, 0.2) is 48.5 Å². The van der Waals surface area contributed by atoms with Gasteiger partial charge in [0, 0.05) is 24.2 Å². The monoisotopic (exact) mass is 368 g/mol. The molecule has 0 bridgehead atoms. The molecule has 1 atom stereocenters. The van der Waals surface area contributed by atoms with Crippen molar-refractivity contribution in [2.75, 3.05) is 18.4 Å². The third-order valence-electron chi connectivity index (χ3n) is 4.73. The second-order valence-electron chi connectivity index (χ2n) is 6.69. The van der Waals surface area contributed by atoms with Crippen LogP contribution in [0.1, 0.15) is 40.5 Å². The second-order valence-corrected chi connectivity index (χ2v) is 6.69. The molecule has 1 unspecified atom stereocenters. The summed E-state index contributed by atoms with van der Waals surface area (Å²) in [5.41, 5.74) is 1.34. The predicted molar refractivity (Wildman–Crippen MR) is 100 cm³/mol. The lowest BCUT2D eigenvalue weighted by molar-refractivity contribution is -0.121. The molecule has 140 valence electrons. The lowest BCUT2D eigenvalue weighted by Crippen LogP contribution is -2.43. The minimum absolute atomic E-state index is 0.123. The van der Waals surface area contributed by atoms with Gasteiger partial charge < -0.3 is 10.2 Å². The van der Waals surface area contributed by atoms with Crippen LogP contribution in [0.3, 0.4) is 0 Å². The molecule has 2 aromatic carbocycles. The lowest BCUT2D eigenvalue weighted by Gasteiger charge is -2.32. The fourth-order valence-corrected chi connectivity index (χ4v) is 3.28. The molecule has 1 aliphatic heterocycles. The average Bonchev–Trinajstić information content (AvgIpc) is 2.68. The lowest BCUT2D eigenvalue weighted by atomic mass is 9.96. The smallest absolute Gasteiger partial charge is 0.253 e. The van der Waals surface area contributed by atoms with Crippen LogP contribution in [0.4, 0.5) is 10.1 Å². The molecule has 0 saturated carbocycles. The topological polar surface area (TPSA) is 66.5 Å². The van der Waals surface area contributed by atoms with E-state index in [0.29, 0.717) is 42.7 Å². The summed E-state index contributed by atoms with van der Waals surface area (Å²) < 4.78 is 13.1. The van der Waals surface area contributed by atoms with Gasteiger partial charge in [-0.25, -0.2) is 4.39 Å². The molecule has 0 aromatic heterocycles. The zero-order chi connectivity index (χ0) is 19.4. The number of hydrogen-bond acceptors (Lipinski definition) is 3. The highest BCUT2D eigenvalue weighted by Crippen LogP contribution is 2.22. The Morgan fingerprint density at radius 3 is 2.48 bits per heavy atom. The van der Waals surface area contributed by atoms with E-state index in [1.807, 2.05) is 0 Å². The van der Waals surface area contributed by atoms with Crippen LogP contribution in [0, 0.1) is 11.7 Å². The number of carbonyl (C=O) groups excluding carboxylic acids is 3. The molecular formula is C21H21FN2O3. The summed E-state index contributed by atoms with van der Waals surface area (Å²) in [6.45, 7) is 2.31. The maximum Gasteiger partial charge on any atom is 0.253 e. The highest BCUT2D eigenvalue weighted by Gasteiger charge is 2.29. The Morgan fingerprint density at radius 2 is 1.78 bits per heavy atom. The number of amides is 2. The van der Waals surface area contributed by atoms with E-state index in [4.69, 9.17) is 0 Å². The Hall–Kier alpha value is -3.02. The zero-order valence-electron chi connectivity index (χ0n) is 15.1. The first kappa shape index (κ1) is 18.8. The first-order chi connectivity index (χ1) is 13.0. The van der Waals surface area contributed by atoms with E-state index in [1.165, 1.54) is 31.2 Å². The summed E-state index contributed by atoms with van der Waals surface area (Å²) in [6.07, 6.45) is 1.38. The normalized spacial score (nSPS) is 16.7. The Kier molecular flexibility index (Phi) is 5.64. The number of para-hydroxylation sites is 1. The number of nitrogens with zero attached hydrogens (tertiary/aromatic N) is 1. The van der Waals surface area contributed by atoms with E-state index in [2.05, 4.69) is 5.32 Å². The number of likely N-dealkylation sites (tertiary alicyclic amines) is 1. The summed E-state index contributed by atoms with van der Waals surface area (Å²) >= 11 is 0. The van der Waals surface area contributed by atoms with Crippen LogP contribution in [0.25, 0.3) is 0 Å². The standard InChI is InChI=1S/C21H21FN2O3/c1-14(25)18-6-2-3-7-19(18)23-20(26)16-5-4-12-24(13-16)21(27)15-8-10-17(22)11-9-15/h2-3,6-11,16H,4-5,12-13H2,1H3,(H,23,26). The number of hydrogen-bond donors (Lipinski definition) is 1. The molecule has 1 aliphatic rings. The molecule has 27 heavy (non-hydrogen) atoms. The summed E-state index contributed by atoms with van der Waals surface area (Å²) in [6, 6.07) is 12.3. The Bertz CT molecular complexity index is 864. The summed E-state index contributed by atoms with van der Waals surface area (Å²) in [7, 11) is 0. The first-order valence-corrected chi connectivity index (χ1v) is 8.91. The number of halogens is 1. The fourth-order valence-electron chi connectivity index (χ4n) is 3.28. The highest BCUT2D eigenvalue weighted by molar-refractivity contribution is 6.04. The van der Waals surface area contributed by atoms with Gasteiger partial charge in [-0.15, -0.1) is 0 Å². The number of carbonyl (C=O) groups is 3. The number of ketones is 1. The summed E-state index contributed by atoms with van der Waals surface area (Å²) in [5.74, 6) is -1.30. The molecule has 6 heteroatoms. The molecule has 1 fully saturated rings. The maximum absolute atomic E-state index is 13.1. The predicted octanol–water partition coefficient (Wildman–Crippen LogP) is 3.52. The van der Waals surface area contributed by atoms with Gasteiger partial charge in [0.25, 0.3) is 5.91 Å². The van der Waals surface area contributed by atoms with E-state index in [0.717, 1.165) is 0 Å². The fraction of sp³-hybridized carbons (Fsp3) is 0.286. The van der Waals surface area contributed by atoms with Crippen LogP contribution in [0.2, 0.25) is 0 Å². The third kappa shape index (κ3) is 4.39. The molecule has 0 spiro atoms. The number of nitrogens with one attached hydrogen (secondary N) is 1. The van der Waals surface area contributed by atoms with Gasteiger partial charge in [-0.05, 0) is 56.2 Å². The number of rotatable bonds is 4. The molecule has 1 N–H and O–H groups in total. The maximum atomic E-state index is 13.1. The molecule has 1 saturated heterocycles. The number of piperidine rings is 1. The minimum Gasteiger partial charge on any atom is -0.338 e. The van der Waals surface area contributed by atoms with Crippen molar-refractivity contribution in [1.82, 2.24) is 4.90 Å². The summed E-state index contributed by atoms with van der Waals surface area (Å²) in [5, 5.41) is 2.82. The molecule has 5 nitrogen and oxygen atoms in total.